The first kappa shape index (κ1) is 18.9. The molecule has 7 nitrogen and oxygen atoms in total. The van der Waals surface area contributed by atoms with Gasteiger partial charge in [0.25, 0.3) is 0 Å². The van der Waals surface area contributed by atoms with Gasteiger partial charge in [-0.2, -0.15) is 18.3 Å². The van der Waals surface area contributed by atoms with Crippen LogP contribution in [0.15, 0.2) is 36.7 Å². The average molecular weight is 403 g/mol. The lowest BCUT2D eigenvalue weighted by molar-refractivity contribution is -0.137. The maximum Gasteiger partial charge on any atom is 0.416 e. The second kappa shape index (κ2) is 6.87. The maximum absolute atomic E-state index is 13.0. The Hall–Kier alpha value is -3.43. The van der Waals surface area contributed by atoms with Gasteiger partial charge in [-0.3, -0.25) is 4.68 Å². The summed E-state index contributed by atoms with van der Waals surface area (Å²) in [6.45, 7) is 2.14. The summed E-state index contributed by atoms with van der Waals surface area (Å²) in [5.41, 5.74) is 0.808. The van der Waals surface area contributed by atoms with Crippen LogP contribution in [-0.2, 0) is 24.5 Å². The Balaban J connectivity index is 1.71. The van der Waals surface area contributed by atoms with Gasteiger partial charge in [0.05, 0.1) is 40.7 Å². The third-order valence-electron chi connectivity index (χ3n) is 4.55. The average Bonchev–Trinajstić information content (AvgIpc) is 3.21. The number of aryl methyl sites for hydroxylation is 1. The topological polar surface area (TPSA) is 74.8 Å². The fourth-order valence-electron chi connectivity index (χ4n) is 3.15. The molecule has 0 atom stereocenters. The minimum absolute atomic E-state index is 0.162. The van der Waals surface area contributed by atoms with Crippen LogP contribution in [0.5, 0.6) is 0 Å². The smallest absolute Gasteiger partial charge is 0.416 e. The van der Waals surface area contributed by atoms with Crippen LogP contribution in [0.1, 0.15) is 28.8 Å². The van der Waals surface area contributed by atoms with Gasteiger partial charge in [-0.05, 0) is 31.2 Å². The van der Waals surface area contributed by atoms with Crippen molar-refractivity contribution < 1.29 is 22.7 Å². The first-order chi connectivity index (χ1) is 13.8. The standard InChI is InChI=1S/C19H16F3N5O2/c1-3-29-18(28)17-12-9-27(25-13(12)6-7-23-17)10-16-24-14-8-11(19(20,21)22)4-5-15(14)26(16)2/h4-9H,3,10H2,1-2H3. The summed E-state index contributed by atoms with van der Waals surface area (Å²) in [6, 6.07) is 5.13. The van der Waals surface area contributed by atoms with Gasteiger partial charge >= 0.3 is 12.1 Å². The van der Waals surface area contributed by atoms with Crippen molar-refractivity contribution in [2.24, 2.45) is 7.05 Å². The fraction of sp³-hybridized carbons (Fsp3) is 0.263. The van der Waals surface area contributed by atoms with E-state index < -0.39 is 17.7 Å². The number of hydrogen-bond acceptors (Lipinski definition) is 5. The van der Waals surface area contributed by atoms with Crippen molar-refractivity contribution in [3.05, 3.63) is 53.7 Å². The Morgan fingerprint density at radius 2 is 2.00 bits per heavy atom. The van der Waals surface area contributed by atoms with Crippen molar-refractivity contribution >= 4 is 27.9 Å². The minimum Gasteiger partial charge on any atom is -0.461 e. The van der Waals surface area contributed by atoms with Gasteiger partial charge in [0, 0.05) is 19.4 Å². The lowest BCUT2D eigenvalue weighted by atomic mass is 10.2. The third-order valence-corrected chi connectivity index (χ3v) is 4.55. The highest BCUT2D eigenvalue weighted by Gasteiger charge is 2.31. The summed E-state index contributed by atoms with van der Waals surface area (Å²) in [5.74, 6) is -0.0159. The molecule has 0 saturated heterocycles. The van der Waals surface area contributed by atoms with E-state index in [0.29, 0.717) is 22.2 Å². The Kier molecular flexibility index (Phi) is 4.48. The SMILES string of the molecule is CCOC(=O)c1nccc2nn(Cc3nc4cc(C(F)(F)F)ccc4n3C)cc12. The van der Waals surface area contributed by atoms with Crippen LogP contribution in [-0.4, -0.2) is 36.9 Å². The molecule has 0 saturated carbocycles. The number of imidazole rings is 1. The lowest BCUT2D eigenvalue weighted by Crippen LogP contribution is -2.07. The molecule has 10 heteroatoms. The molecule has 0 aliphatic heterocycles. The largest absolute Gasteiger partial charge is 0.461 e. The van der Waals surface area contributed by atoms with Crippen LogP contribution in [0.2, 0.25) is 0 Å². The van der Waals surface area contributed by atoms with Gasteiger partial charge in [-0.25, -0.2) is 14.8 Å². The zero-order valence-corrected chi connectivity index (χ0v) is 15.6. The van der Waals surface area contributed by atoms with E-state index >= 15 is 0 Å². The van der Waals surface area contributed by atoms with E-state index in [2.05, 4.69) is 15.1 Å². The molecular weight excluding hydrogens is 387 g/mol. The van der Waals surface area contributed by atoms with Gasteiger partial charge < -0.3 is 9.30 Å². The molecule has 0 bridgehead atoms. The number of fused-ring (bicyclic) bond motifs is 2. The van der Waals surface area contributed by atoms with Crippen LogP contribution in [0.4, 0.5) is 13.2 Å². The van der Waals surface area contributed by atoms with E-state index in [1.165, 1.54) is 12.3 Å². The van der Waals surface area contributed by atoms with E-state index in [4.69, 9.17) is 4.74 Å². The Labute approximate surface area is 162 Å². The van der Waals surface area contributed by atoms with Crippen molar-refractivity contribution in [2.45, 2.75) is 19.6 Å². The lowest BCUT2D eigenvalue weighted by Gasteiger charge is -2.06. The first-order valence-electron chi connectivity index (χ1n) is 8.79. The number of nitrogens with zero attached hydrogens (tertiary/aromatic N) is 5. The second-order valence-electron chi connectivity index (χ2n) is 6.43. The molecule has 0 radical (unpaired) electrons. The summed E-state index contributed by atoms with van der Waals surface area (Å²) >= 11 is 0. The van der Waals surface area contributed by atoms with E-state index in [0.717, 1.165) is 12.1 Å². The maximum atomic E-state index is 13.0. The number of alkyl halides is 3. The predicted octanol–water partition coefficient (Wildman–Crippen LogP) is 3.56. The molecule has 0 amide bonds. The number of pyridine rings is 1. The molecule has 150 valence electrons. The van der Waals surface area contributed by atoms with E-state index in [1.807, 2.05) is 0 Å². The highest BCUT2D eigenvalue weighted by atomic mass is 19.4. The number of carbonyl (C=O) groups excluding carboxylic acids is 1. The molecule has 3 aromatic heterocycles. The van der Waals surface area contributed by atoms with Crippen LogP contribution in [0, 0.1) is 0 Å². The Morgan fingerprint density at radius 1 is 1.21 bits per heavy atom. The quantitative estimate of drug-likeness (QED) is 0.487. The minimum atomic E-state index is -4.43. The zero-order valence-electron chi connectivity index (χ0n) is 15.6. The molecule has 1 aromatic carbocycles. The normalized spacial score (nSPS) is 12.0. The summed E-state index contributed by atoms with van der Waals surface area (Å²) in [5, 5.41) is 4.95. The van der Waals surface area contributed by atoms with Crippen LogP contribution in [0.3, 0.4) is 0 Å². The Bertz CT molecular complexity index is 1230. The summed E-state index contributed by atoms with van der Waals surface area (Å²) in [7, 11) is 1.73. The van der Waals surface area contributed by atoms with Gasteiger partial charge in [0.2, 0.25) is 0 Å². The molecule has 3 heterocycles. The van der Waals surface area contributed by atoms with Gasteiger partial charge in [-0.15, -0.1) is 0 Å². The van der Waals surface area contributed by atoms with Crippen molar-refractivity contribution in [2.75, 3.05) is 6.61 Å². The second-order valence-corrected chi connectivity index (χ2v) is 6.43. The van der Waals surface area contributed by atoms with Crippen molar-refractivity contribution in [3.8, 4) is 0 Å². The van der Waals surface area contributed by atoms with Crippen molar-refractivity contribution in [1.82, 2.24) is 24.3 Å². The molecule has 0 spiro atoms. The summed E-state index contributed by atoms with van der Waals surface area (Å²) < 4.78 is 47.2. The zero-order chi connectivity index (χ0) is 20.8. The fourth-order valence-corrected chi connectivity index (χ4v) is 3.15. The number of ether oxygens (including phenoxy) is 1. The molecule has 0 aliphatic rings. The predicted molar refractivity (Wildman–Crippen MR) is 98.3 cm³/mol. The molecule has 4 rings (SSSR count). The van der Waals surface area contributed by atoms with Crippen molar-refractivity contribution in [1.29, 1.82) is 0 Å². The van der Waals surface area contributed by atoms with Crippen molar-refractivity contribution in [3.63, 3.8) is 0 Å². The van der Waals surface area contributed by atoms with Gasteiger partial charge in [0.15, 0.2) is 5.69 Å². The van der Waals surface area contributed by atoms with E-state index in [-0.39, 0.29) is 24.4 Å². The summed E-state index contributed by atoms with van der Waals surface area (Å²) in [4.78, 5) is 20.5. The third kappa shape index (κ3) is 3.41. The molecule has 29 heavy (non-hydrogen) atoms. The van der Waals surface area contributed by atoms with Gasteiger partial charge in [-0.1, -0.05) is 0 Å². The number of esters is 1. The van der Waals surface area contributed by atoms with E-state index in [9.17, 15) is 18.0 Å². The molecule has 4 aromatic rings. The highest BCUT2D eigenvalue weighted by molar-refractivity contribution is 6.01. The number of hydrogen-bond donors (Lipinski definition) is 0. The monoisotopic (exact) mass is 403 g/mol. The molecule has 0 unspecified atom stereocenters. The molecule has 0 aliphatic carbocycles. The summed E-state index contributed by atoms with van der Waals surface area (Å²) in [6.07, 6.45) is -1.31. The highest BCUT2D eigenvalue weighted by Crippen LogP contribution is 2.31. The molecule has 0 N–H and O–H groups in total. The number of carbonyl (C=O) groups is 1. The van der Waals surface area contributed by atoms with E-state index in [1.54, 1.807) is 35.5 Å². The Morgan fingerprint density at radius 3 is 2.72 bits per heavy atom. The molecular formula is C19H16F3N5O2. The number of benzene rings is 1. The van der Waals surface area contributed by atoms with Crippen LogP contribution < -0.4 is 0 Å². The van der Waals surface area contributed by atoms with Crippen LogP contribution >= 0.6 is 0 Å². The van der Waals surface area contributed by atoms with Gasteiger partial charge in [0.1, 0.15) is 5.82 Å². The first-order valence-corrected chi connectivity index (χ1v) is 8.79. The molecule has 0 fully saturated rings. The van der Waals surface area contributed by atoms with Crippen LogP contribution in [0.25, 0.3) is 21.9 Å². The number of halogens is 3. The number of aromatic nitrogens is 5. The number of rotatable bonds is 4.